The van der Waals surface area contributed by atoms with Gasteiger partial charge in [-0.3, -0.25) is 14.4 Å². The Bertz CT molecular complexity index is 920. The topological polar surface area (TPSA) is 78.9 Å². The lowest BCUT2D eigenvalue weighted by Crippen LogP contribution is -2.30. The molecule has 0 radical (unpaired) electrons. The van der Waals surface area contributed by atoms with Gasteiger partial charge in [-0.05, 0) is 25.2 Å². The van der Waals surface area contributed by atoms with Crippen LogP contribution in [0.25, 0.3) is 0 Å². The second-order valence-electron chi connectivity index (χ2n) is 19.1. The lowest BCUT2D eigenvalue weighted by molar-refractivity contribution is -0.167. The molecule has 0 aliphatic rings. The zero-order valence-corrected chi connectivity index (χ0v) is 41.6. The van der Waals surface area contributed by atoms with Gasteiger partial charge in [-0.25, -0.2) is 0 Å². The van der Waals surface area contributed by atoms with Crippen LogP contribution in [0.2, 0.25) is 0 Å². The van der Waals surface area contributed by atoms with Gasteiger partial charge in [-0.2, -0.15) is 0 Å². The SMILES string of the molecule is CCCCCCCCCCCCCCCCCCCC(=O)OC[C@H](COC(=O)CCCCCCCCC(C)CC)OC(=O)CCCCCCCCCCCCCCCCCC. The molecule has 61 heavy (non-hydrogen) atoms. The molecule has 0 aliphatic heterocycles. The van der Waals surface area contributed by atoms with Crippen molar-refractivity contribution in [2.24, 2.45) is 5.92 Å². The minimum absolute atomic E-state index is 0.0631. The van der Waals surface area contributed by atoms with E-state index in [4.69, 9.17) is 14.2 Å². The quantitative estimate of drug-likeness (QED) is 0.0344. The first-order chi connectivity index (χ1) is 29.9. The molecule has 0 amide bonds. The minimum atomic E-state index is -0.762. The number of rotatable bonds is 50. The van der Waals surface area contributed by atoms with Crippen LogP contribution >= 0.6 is 0 Å². The minimum Gasteiger partial charge on any atom is -0.462 e. The summed E-state index contributed by atoms with van der Waals surface area (Å²) in [7, 11) is 0. The van der Waals surface area contributed by atoms with Gasteiger partial charge in [0, 0.05) is 19.3 Å². The van der Waals surface area contributed by atoms with Gasteiger partial charge >= 0.3 is 17.9 Å². The van der Waals surface area contributed by atoms with Crippen molar-refractivity contribution in [2.75, 3.05) is 13.2 Å². The maximum absolute atomic E-state index is 12.8. The number of carbonyl (C=O) groups is 3. The number of unbranched alkanes of at least 4 members (excludes halogenated alkanes) is 36. The van der Waals surface area contributed by atoms with E-state index in [-0.39, 0.29) is 31.1 Å². The first kappa shape index (κ1) is 59.4. The van der Waals surface area contributed by atoms with Gasteiger partial charge in [0.15, 0.2) is 6.10 Å². The Kier molecular flexibility index (Phi) is 48.1. The zero-order chi connectivity index (χ0) is 44.5. The fraction of sp³-hybridized carbons (Fsp3) is 0.945. The van der Waals surface area contributed by atoms with Crippen molar-refractivity contribution in [3.63, 3.8) is 0 Å². The van der Waals surface area contributed by atoms with Gasteiger partial charge in [0.05, 0.1) is 0 Å². The van der Waals surface area contributed by atoms with Crippen molar-refractivity contribution in [2.45, 2.75) is 316 Å². The lowest BCUT2D eigenvalue weighted by Gasteiger charge is -2.18. The summed E-state index contributed by atoms with van der Waals surface area (Å²) < 4.78 is 16.8. The molecule has 0 N–H and O–H groups in total. The van der Waals surface area contributed by atoms with Crippen LogP contribution in [0.15, 0.2) is 0 Å². The summed E-state index contributed by atoms with van der Waals surface area (Å²) in [5, 5.41) is 0. The molecule has 0 aromatic heterocycles. The number of esters is 3. The molecular formula is C55H106O6. The Morgan fingerprint density at radius 3 is 0.852 bits per heavy atom. The Morgan fingerprint density at radius 2 is 0.574 bits per heavy atom. The summed E-state index contributed by atoms with van der Waals surface area (Å²) in [6, 6.07) is 0. The molecule has 1 unspecified atom stereocenters. The fourth-order valence-electron chi connectivity index (χ4n) is 8.36. The van der Waals surface area contributed by atoms with E-state index in [2.05, 4.69) is 27.7 Å². The van der Waals surface area contributed by atoms with Crippen LogP contribution in [-0.2, 0) is 28.6 Å². The van der Waals surface area contributed by atoms with Crippen LogP contribution in [0.5, 0.6) is 0 Å². The normalized spacial score (nSPS) is 12.4. The maximum atomic E-state index is 12.8. The number of carbonyl (C=O) groups excluding carboxylic acids is 3. The number of hydrogen-bond donors (Lipinski definition) is 0. The largest absolute Gasteiger partial charge is 0.462 e. The molecular weight excluding hydrogens is 757 g/mol. The molecule has 6 nitrogen and oxygen atoms in total. The predicted molar refractivity (Wildman–Crippen MR) is 261 cm³/mol. The second kappa shape index (κ2) is 49.4. The summed E-state index contributed by atoms with van der Waals surface area (Å²) in [5.74, 6) is -0.0292. The molecule has 0 heterocycles. The monoisotopic (exact) mass is 863 g/mol. The standard InChI is InChI=1S/C55H106O6/c1-5-8-10-12-14-16-18-20-22-24-26-27-29-31-33-38-42-46-53(56)59-49-52(50-60-54(57)47-43-39-36-35-37-41-45-51(4)7-3)61-55(58)48-44-40-34-32-30-28-25-23-21-19-17-15-13-11-9-6-2/h51-52H,5-50H2,1-4H3/t51?,52-/m1/s1. The summed E-state index contributed by atoms with van der Waals surface area (Å²) in [6.45, 7) is 9.02. The third-order valence-corrected chi connectivity index (χ3v) is 12.9. The third-order valence-electron chi connectivity index (χ3n) is 12.9. The Balaban J connectivity index is 4.26. The maximum Gasteiger partial charge on any atom is 0.306 e. The van der Waals surface area contributed by atoms with E-state index in [9.17, 15) is 14.4 Å². The smallest absolute Gasteiger partial charge is 0.306 e. The predicted octanol–water partition coefficient (Wildman–Crippen LogP) is 17.8. The molecule has 0 rings (SSSR count). The van der Waals surface area contributed by atoms with Crippen LogP contribution in [-0.4, -0.2) is 37.2 Å². The highest BCUT2D eigenvalue weighted by Crippen LogP contribution is 2.18. The van der Waals surface area contributed by atoms with E-state index >= 15 is 0 Å². The van der Waals surface area contributed by atoms with E-state index in [0.717, 1.165) is 63.7 Å². The van der Waals surface area contributed by atoms with E-state index in [0.29, 0.717) is 19.3 Å². The lowest BCUT2D eigenvalue weighted by atomic mass is 10.00. The second-order valence-corrected chi connectivity index (χ2v) is 19.1. The molecule has 0 bridgehead atoms. The molecule has 0 saturated heterocycles. The molecule has 0 aliphatic carbocycles. The van der Waals surface area contributed by atoms with Crippen molar-refractivity contribution in [3.05, 3.63) is 0 Å². The summed E-state index contributed by atoms with van der Waals surface area (Å²) in [6.07, 6.45) is 52.4. The van der Waals surface area contributed by atoms with Crippen LogP contribution in [0, 0.1) is 5.92 Å². The highest BCUT2D eigenvalue weighted by atomic mass is 16.6. The molecule has 2 atom stereocenters. The van der Waals surface area contributed by atoms with Gasteiger partial charge in [-0.1, -0.05) is 272 Å². The first-order valence-electron chi connectivity index (χ1n) is 27.4. The molecule has 0 aromatic rings. The van der Waals surface area contributed by atoms with E-state index < -0.39 is 6.10 Å². The van der Waals surface area contributed by atoms with Gasteiger partial charge in [-0.15, -0.1) is 0 Å². The van der Waals surface area contributed by atoms with Gasteiger partial charge in [0.25, 0.3) is 0 Å². The van der Waals surface area contributed by atoms with E-state index in [1.807, 2.05) is 0 Å². The molecule has 0 spiro atoms. The van der Waals surface area contributed by atoms with Crippen LogP contribution in [0.4, 0.5) is 0 Å². The summed E-state index contributed by atoms with van der Waals surface area (Å²) in [5.41, 5.74) is 0. The average molecular weight is 863 g/mol. The van der Waals surface area contributed by atoms with Crippen LogP contribution < -0.4 is 0 Å². The van der Waals surface area contributed by atoms with Gasteiger partial charge in [0.1, 0.15) is 13.2 Å². The fourth-order valence-corrected chi connectivity index (χ4v) is 8.36. The van der Waals surface area contributed by atoms with Gasteiger partial charge in [0.2, 0.25) is 0 Å². The Labute approximate surface area is 380 Å². The Hall–Kier alpha value is -1.59. The van der Waals surface area contributed by atoms with Crippen molar-refractivity contribution in [1.29, 1.82) is 0 Å². The molecule has 0 aromatic carbocycles. The van der Waals surface area contributed by atoms with Crippen LogP contribution in [0.1, 0.15) is 310 Å². The van der Waals surface area contributed by atoms with Crippen molar-refractivity contribution in [1.82, 2.24) is 0 Å². The van der Waals surface area contributed by atoms with E-state index in [1.54, 1.807) is 0 Å². The average Bonchev–Trinajstić information content (AvgIpc) is 3.26. The number of hydrogen-bond acceptors (Lipinski definition) is 6. The van der Waals surface area contributed by atoms with Crippen molar-refractivity contribution in [3.8, 4) is 0 Å². The molecule has 0 saturated carbocycles. The zero-order valence-electron chi connectivity index (χ0n) is 41.6. The highest BCUT2D eigenvalue weighted by molar-refractivity contribution is 5.71. The van der Waals surface area contributed by atoms with Gasteiger partial charge < -0.3 is 14.2 Å². The highest BCUT2D eigenvalue weighted by Gasteiger charge is 2.19. The third kappa shape index (κ3) is 47.7. The summed E-state index contributed by atoms with van der Waals surface area (Å²) >= 11 is 0. The Morgan fingerprint density at radius 1 is 0.328 bits per heavy atom. The van der Waals surface area contributed by atoms with Crippen molar-refractivity contribution < 1.29 is 28.6 Å². The molecule has 0 fully saturated rings. The molecule has 6 heteroatoms. The van der Waals surface area contributed by atoms with E-state index in [1.165, 1.54) is 205 Å². The molecule has 362 valence electrons. The van der Waals surface area contributed by atoms with Crippen LogP contribution in [0.3, 0.4) is 0 Å². The first-order valence-corrected chi connectivity index (χ1v) is 27.4. The van der Waals surface area contributed by atoms with Crippen molar-refractivity contribution >= 4 is 17.9 Å². The number of ether oxygens (including phenoxy) is 3. The summed E-state index contributed by atoms with van der Waals surface area (Å²) in [4.78, 5) is 38.0.